The number of hydrogen-bond donors (Lipinski definition) is 1. The highest BCUT2D eigenvalue weighted by molar-refractivity contribution is 5.98. The molecule has 0 bridgehead atoms. The van der Waals surface area contributed by atoms with E-state index in [1.807, 2.05) is 24.3 Å². The van der Waals surface area contributed by atoms with Gasteiger partial charge in [0.1, 0.15) is 0 Å². The number of likely N-dealkylation sites (N-methyl/N-ethyl adjacent to an activating group) is 1. The molecule has 0 aromatic heterocycles. The second kappa shape index (κ2) is 6.67. The van der Waals surface area contributed by atoms with Gasteiger partial charge in [0.25, 0.3) is 5.91 Å². The molecule has 0 radical (unpaired) electrons. The molecule has 6 heteroatoms. The molecule has 3 fully saturated rings. The molecule has 2 unspecified atom stereocenters. The van der Waals surface area contributed by atoms with Crippen LogP contribution in [-0.4, -0.2) is 67.0 Å². The third kappa shape index (κ3) is 2.99. The van der Waals surface area contributed by atoms with Crippen molar-refractivity contribution in [3.63, 3.8) is 0 Å². The number of carbonyl (C=O) groups is 2. The number of urea groups is 1. The molecule has 0 aliphatic carbocycles. The monoisotopic (exact) mass is 342 g/mol. The first kappa shape index (κ1) is 16.4. The van der Waals surface area contributed by atoms with E-state index in [2.05, 4.69) is 22.2 Å². The van der Waals surface area contributed by atoms with Gasteiger partial charge in [0.05, 0.1) is 0 Å². The summed E-state index contributed by atoms with van der Waals surface area (Å²) >= 11 is 0. The molecule has 4 rings (SSSR count). The van der Waals surface area contributed by atoms with Gasteiger partial charge in [-0.3, -0.25) is 9.69 Å². The minimum Gasteiger partial charge on any atom is -0.336 e. The molecule has 3 saturated heterocycles. The number of rotatable bonds is 3. The predicted octanol–water partition coefficient (Wildman–Crippen LogP) is 1.91. The standard InChI is InChI=1S/C19H26N4O2/c1-21-10-3-7-16(21)17-8-4-11-23(17)18(24)14-5-2-6-15(13-14)22-12-9-20-19(22)25/h2,5-6,13,16-17H,3-4,7-12H2,1H3,(H,20,25). The van der Waals surface area contributed by atoms with Crippen LogP contribution in [0.5, 0.6) is 0 Å². The van der Waals surface area contributed by atoms with Gasteiger partial charge in [-0.05, 0) is 57.5 Å². The number of anilines is 1. The Morgan fingerprint density at radius 1 is 1.12 bits per heavy atom. The van der Waals surface area contributed by atoms with Crippen molar-refractivity contribution in [1.82, 2.24) is 15.1 Å². The molecule has 3 aliphatic rings. The van der Waals surface area contributed by atoms with Crippen LogP contribution in [0.4, 0.5) is 10.5 Å². The van der Waals surface area contributed by atoms with E-state index < -0.39 is 0 Å². The molecule has 1 N–H and O–H groups in total. The average molecular weight is 342 g/mol. The third-order valence-corrected chi connectivity index (χ3v) is 5.84. The number of carbonyl (C=O) groups excluding carboxylic acids is 2. The van der Waals surface area contributed by atoms with E-state index in [-0.39, 0.29) is 11.9 Å². The van der Waals surface area contributed by atoms with E-state index in [1.54, 1.807) is 4.90 Å². The first-order valence-electron chi connectivity index (χ1n) is 9.32. The van der Waals surface area contributed by atoms with Crippen LogP contribution in [-0.2, 0) is 0 Å². The van der Waals surface area contributed by atoms with Gasteiger partial charge in [0.15, 0.2) is 0 Å². The normalized spacial score (nSPS) is 27.2. The Morgan fingerprint density at radius 3 is 2.64 bits per heavy atom. The fourth-order valence-corrected chi connectivity index (χ4v) is 4.56. The Balaban J connectivity index is 1.55. The largest absolute Gasteiger partial charge is 0.336 e. The maximum atomic E-state index is 13.2. The number of nitrogens with one attached hydrogen (secondary N) is 1. The minimum atomic E-state index is -0.0868. The predicted molar refractivity (Wildman–Crippen MR) is 96.9 cm³/mol. The lowest BCUT2D eigenvalue weighted by atomic mass is 10.0. The van der Waals surface area contributed by atoms with Crippen LogP contribution in [0, 0.1) is 0 Å². The minimum absolute atomic E-state index is 0.0868. The number of amides is 3. The van der Waals surface area contributed by atoms with Gasteiger partial charge in [0, 0.05) is 43.0 Å². The van der Waals surface area contributed by atoms with Crippen molar-refractivity contribution in [2.75, 3.05) is 38.1 Å². The van der Waals surface area contributed by atoms with Crippen LogP contribution in [0.2, 0.25) is 0 Å². The molecule has 2 atom stereocenters. The van der Waals surface area contributed by atoms with Crippen molar-refractivity contribution in [1.29, 1.82) is 0 Å². The first-order valence-corrected chi connectivity index (χ1v) is 9.32. The molecule has 6 nitrogen and oxygen atoms in total. The maximum Gasteiger partial charge on any atom is 0.321 e. The molecule has 3 heterocycles. The molecule has 0 spiro atoms. The van der Waals surface area contributed by atoms with Crippen LogP contribution in [0.25, 0.3) is 0 Å². The second-order valence-electron chi connectivity index (χ2n) is 7.33. The highest BCUT2D eigenvalue weighted by atomic mass is 16.2. The van der Waals surface area contributed by atoms with E-state index in [9.17, 15) is 9.59 Å². The van der Waals surface area contributed by atoms with E-state index >= 15 is 0 Å². The van der Waals surface area contributed by atoms with Crippen LogP contribution in [0.15, 0.2) is 24.3 Å². The molecular formula is C19H26N4O2. The van der Waals surface area contributed by atoms with Crippen LogP contribution in [0.1, 0.15) is 36.0 Å². The summed E-state index contributed by atoms with van der Waals surface area (Å²) in [5.74, 6) is 0.101. The van der Waals surface area contributed by atoms with Crippen molar-refractivity contribution >= 4 is 17.6 Å². The summed E-state index contributed by atoms with van der Waals surface area (Å²) in [5.41, 5.74) is 1.49. The Hall–Kier alpha value is -2.08. The molecular weight excluding hydrogens is 316 g/mol. The van der Waals surface area contributed by atoms with Crippen molar-refractivity contribution < 1.29 is 9.59 Å². The number of nitrogens with zero attached hydrogens (tertiary/aromatic N) is 3. The van der Waals surface area contributed by atoms with Crippen LogP contribution in [0.3, 0.4) is 0 Å². The molecule has 1 aromatic carbocycles. The molecule has 3 amide bonds. The first-order chi connectivity index (χ1) is 12.1. The Kier molecular flexibility index (Phi) is 4.37. The summed E-state index contributed by atoms with van der Waals surface area (Å²) in [7, 11) is 2.17. The molecule has 134 valence electrons. The van der Waals surface area contributed by atoms with Gasteiger partial charge < -0.3 is 15.1 Å². The SMILES string of the molecule is CN1CCCC1C1CCCN1C(=O)c1cccc(N2CCNC2=O)c1. The zero-order valence-electron chi connectivity index (χ0n) is 14.8. The summed E-state index contributed by atoms with van der Waals surface area (Å²) in [6, 6.07) is 8.22. The number of likely N-dealkylation sites (tertiary alicyclic amines) is 2. The van der Waals surface area contributed by atoms with Gasteiger partial charge >= 0.3 is 6.03 Å². The lowest BCUT2D eigenvalue weighted by Crippen LogP contribution is -2.47. The van der Waals surface area contributed by atoms with E-state index in [1.165, 1.54) is 12.8 Å². The topological polar surface area (TPSA) is 55.9 Å². The second-order valence-corrected chi connectivity index (χ2v) is 7.33. The van der Waals surface area contributed by atoms with Crippen molar-refractivity contribution in [3.8, 4) is 0 Å². The van der Waals surface area contributed by atoms with E-state index in [4.69, 9.17) is 0 Å². The van der Waals surface area contributed by atoms with E-state index in [0.29, 0.717) is 30.7 Å². The highest BCUT2D eigenvalue weighted by Crippen LogP contribution is 2.30. The van der Waals surface area contributed by atoms with Gasteiger partial charge in [-0.25, -0.2) is 4.79 Å². The highest BCUT2D eigenvalue weighted by Gasteiger charge is 2.38. The Bertz CT molecular complexity index is 677. The molecule has 25 heavy (non-hydrogen) atoms. The number of benzene rings is 1. The number of hydrogen-bond acceptors (Lipinski definition) is 3. The van der Waals surface area contributed by atoms with Gasteiger partial charge in [-0.1, -0.05) is 6.07 Å². The van der Waals surface area contributed by atoms with E-state index in [0.717, 1.165) is 31.6 Å². The summed E-state index contributed by atoms with van der Waals surface area (Å²) in [6.45, 7) is 3.26. The van der Waals surface area contributed by atoms with Crippen molar-refractivity contribution in [3.05, 3.63) is 29.8 Å². The van der Waals surface area contributed by atoms with Crippen molar-refractivity contribution in [2.24, 2.45) is 0 Å². The van der Waals surface area contributed by atoms with Crippen LogP contribution < -0.4 is 10.2 Å². The summed E-state index contributed by atoms with van der Waals surface area (Å²) in [6.07, 6.45) is 4.57. The maximum absolute atomic E-state index is 13.2. The summed E-state index contributed by atoms with van der Waals surface area (Å²) < 4.78 is 0. The Labute approximate surface area is 148 Å². The summed E-state index contributed by atoms with van der Waals surface area (Å²) in [4.78, 5) is 31.2. The molecule has 0 saturated carbocycles. The smallest absolute Gasteiger partial charge is 0.321 e. The lowest BCUT2D eigenvalue weighted by Gasteiger charge is -2.33. The van der Waals surface area contributed by atoms with Crippen LogP contribution >= 0.6 is 0 Å². The zero-order valence-corrected chi connectivity index (χ0v) is 14.8. The fraction of sp³-hybridized carbons (Fsp3) is 0.579. The summed E-state index contributed by atoms with van der Waals surface area (Å²) in [5, 5.41) is 2.81. The third-order valence-electron chi connectivity index (χ3n) is 5.84. The fourth-order valence-electron chi connectivity index (χ4n) is 4.56. The van der Waals surface area contributed by atoms with Gasteiger partial charge in [0.2, 0.25) is 0 Å². The van der Waals surface area contributed by atoms with Gasteiger partial charge in [-0.15, -0.1) is 0 Å². The lowest BCUT2D eigenvalue weighted by molar-refractivity contribution is 0.0664. The zero-order chi connectivity index (χ0) is 17.4. The molecule has 3 aliphatic heterocycles. The molecule has 1 aromatic rings. The Morgan fingerprint density at radius 2 is 1.92 bits per heavy atom. The van der Waals surface area contributed by atoms with Gasteiger partial charge in [-0.2, -0.15) is 0 Å². The van der Waals surface area contributed by atoms with Crippen molar-refractivity contribution in [2.45, 2.75) is 37.8 Å². The quantitative estimate of drug-likeness (QED) is 0.913. The average Bonchev–Trinajstić information content (AvgIpc) is 3.34.